The van der Waals surface area contributed by atoms with Gasteiger partial charge in [0.25, 0.3) is 0 Å². The molecule has 0 saturated heterocycles. The Labute approximate surface area is 127 Å². The predicted molar refractivity (Wildman–Crippen MR) is 81.4 cm³/mol. The monoisotopic (exact) mass is 304 g/mol. The summed E-state index contributed by atoms with van der Waals surface area (Å²) in [5, 5.41) is 3.21. The van der Waals surface area contributed by atoms with Crippen molar-refractivity contribution < 1.29 is 19.1 Å². The lowest BCUT2D eigenvalue weighted by Gasteiger charge is -2.05. The summed E-state index contributed by atoms with van der Waals surface area (Å²) in [6.45, 7) is 3.20. The molecule has 1 fully saturated rings. The molecule has 1 aliphatic carbocycles. The van der Waals surface area contributed by atoms with Crippen LogP contribution in [-0.2, 0) is 16.2 Å². The maximum absolute atomic E-state index is 10.8. The molecule has 21 heavy (non-hydrogen) atoms. The second-order valence-corrected chi connectivity index (χ2v) is 6.10. The van der Waals surface area contributed by atoms with Crippen molar-refractivity contribution in [2.24, 2.45) is 0 Å². The first-order chi connectivity index (χ1) is 10.3. The molecule has 0 spiro atoms. The van der Waals surface area contributed by atoms with Gasteiger partial charge in [0, 0.05) is 28.5 Å². The summed E-state index contributed by atoms with van der Waals surface area (Å²) in [6, 6.07) is 6.33. The van der Waals surface area contributed by atoms with Gasteiger partial charge in [-0.1, -0.05) is 6.92 Å². The molecular formula is C16H18NO3S+. The van der Waals surface area contributed by atoms with Crippen molar-refractivity contribution in [1.29, 1.82) is 0 Å². The van der Waals surface area contributed by atoms with Crippen LogP contribution in [0.3, 0.4) is 0 Å². The Morgan fingerprint density at radius 1 is 1.43 bits per heavy atom. The standard InChI is InChI=1S/C16H18NO3S/c1-2-7-19-14-5-6-16-15(8-14)12(10-21-16)9-20-17(11-18)13-3-4-13/h5-6,8,10,13H,2-4,7,9H2,1H3/q+1. The van der Waals surface area contributed by atoms with Crippen LogP contribution >= 0.6 is 11.3 Å². The van der Waals surface area contributed by atoms with Crippen molar-refractivity contribution in [3.8, 4) is 5.75 Å². The van der Waals surface area contributed by atoms with E-state index in [9.17, 15) is 4.79 Å². The average molecular weight is 304 g/mol. The molecule has 3 rings (SSSR count). The zero-order valence-corrected chi connectivity index (χ0v) is 12.8. The smallest absolute Gasteiger partial charge is 0.477 e. The van der Waals surface area contributed by atoms with Gasteiger partial charge >= 0.3 is 6.08 Å². The highest BCUT2D eigenvalue weighted by molar-refractivity contribution is 7.17. The van der Waals surface area contributed by atoms with E-state index >= 15 is 0 Å². The van der Waals surface area contributed by atoms with Crippen LogP contribution < -0.4 is 4.74 Å². The lowest BCUT2D eigenvalue weighted by atomic mass is 10.2. The van der Waals surface area contributed by atoms with E-state index < -0.39 is 0 Å². The Morgan fingerprint density at radius 3 is 3.00 bits per heavy atom. The molecule has 1 heterocycles. The molecule has 5 heteroatoms. The van der Waals surface area contributed by atoms with Gasteiger partial charge in [-0.25, -0.2) is 0 Å². The van der Waals surface area contributed by atoms with E-state index in [0.29, 0.717) is 6.61 Å². The van der Waals surface area contributed by atoms with E-state index in [1.165, 1.54) is 9.44 Å². The first-order valence-corrected chi connectivity index (χ1v) is 8.12. The second kappa shape index (κ2) is 6.29. The molecule has 0 atom stereocenters. The molecular weight excluding hydrogens is 286 g/mol. The fourth-order valence-corrected chi connectivity index (χ4v) is 3.06. The number of rotatable bonds is 7. The Kier molecular flexibility index (Phi) is 4.23. The Hall–Kier alpha value is -1.84. The van der Waals surface area contributed by atoms with Gasteiger partial charge in [-0.3, -0.25) is 4.84 Å². The number of ether oxygens (including phenoxy) is 1. The normalized spacial score (nSPS) is 14.0. The third-order valence-electron chi connectivity index (χ3n) is 3.43. The number of hydrogen-bond acceptors (Lipinski definition) is 4. The molecule has 0 radical (unpaired) electrons. The summed E-state index contributed by atoms with van der Waals surface area (Å²) in [5.74, 6) is 0.880. The molecule has 110 valence electrons. The van der Waals surface area contributed by atoms with Gasteiger partial charge in [0.2, 0.25) is 6.04 Å². The van der Waals surface area contributed by atoms with Crippen molar-refractivity contribution in [1.82, 2.24) is 0 Å². The Balaban J connectivity index is 1.76. The van der Waals surface area contributed by atoms with Gasteiger partial charge < -0.3 is 4.74 Å². The third kappa shape index (κ3) is 3.26. The molecule has 0 bridgehead atoms. The molecule has 1 aliphatic rings. The summed E-state index contributed by atoms with van der Waals surface area (Å²) >= 11 is 1.68. The van der Waals surface area contributed by atoms with E-state index in [1.54, 1.807) is 11.3 Å². The Morgan fingerprint density at radius 2 is 2.29 bits per heavy atom. The van der Waals surface area contributed by atoms with Crippen LogP contribution in [0.15, 0.2) is 23.6 Å². The quantitative estimate of drug-likeness (QED) is 0.339. The molecule has 0 aliphatic heterocycles. The highest BCUT2D eigenvalue weighted by Crippen LogP contribution is 2.31. The molecule has 0 amide bonds. The zero-order chi connectivity index (χ0) is 14.7. The molecule has 1 aromatic heterocycles. The summed E-state index contributed by atoms with van der Waals surface area (Å²) in [6.07, 6.45) is 4.86. The topological polar surface area (TPSA) is 38.5 Å². The van der Waals surface area contributed by atoms with Crippen LogP contribution in [0.2, 0.25) is 0 Å². The van der Waals surface area contributed by atoms with E-state index in [4.69, 9.17) is 9.57 Å². The van der Waals surface area contributed by atoms with Gasteiger partial charge in [0.1, 0.15) is 5.75 Å². The van der Waals surface area contributed by atoms with Gasteiger partial charge in [-0.15, -0.1) is 11.3 Å². The van der Waals surface area contributed by atoms with E-state index in [0.717, 1.165) is 42.6 Å². The second-order valence-electron chi connectivity index (χ2n) is 5.19. The van der Waals surface area contributed by atoms with Crippen LogP contribution in [0.5, 0.6) is 5.75 Å². The first-order valence-electron chi connectivity index (χ1n) is 7.24. The van der Waals surface area contributed by atoms with Gasteiger partial charge in [0.15, 0.2) is 6.61 Å². The van der Waals surface area contributed by atoms with Gasteiger partial charge in [-0.2, -0.15) is 4.79 Å². The minimum atomic E-state index is 0.218. The maximum atomic E-state index is 10.8. The van der Waals surface area contributed by atoms with Crippen molar-refractivity contribution >= 4 is 27.5 Å². The number of fused-ring (bicyclic) bond motifs is 1. The highest BCUT2D eigenvalue weighted by Gasteiger charge is 2.37. The molecule has 0 unspecified atom stereocenters. The number of hydrogen-bond donors (Lipinski definition) is 0. The van der Waals surface area contributed by atoms with Crippen LogP contribution in [0.1, 0.15) is 31.7 Å². The van der Waals surface area contributed by atoms with Crippen LogP contribution in [0.25, 0.3) is 10.1 Å². The van der Waals surface area contributed by atoms with Crippen LogP contribution in [0, 0.1) is 0 Å². The summed E-state index contributed by atoms with van der Waals surface area (Å²) in [7, 11) is 0. The number of nitrogens with zero attached hydrogens (tertiary/aromatic N) is 1. The van der Waals surface area contributed by atoms with Crippen LogP contribution in [-0.4, -0.2) is 23.5 Å². The summed E-state index contributed by atoms with van der Waals surface area (Å²) in [4.78, 5) is 16.4. The molecule has 4 nitrogen and oxygen atoms in total. The lowest BCUT2D eigenvalue weighted by molar-refractivity contribution is -0.799. The average Bonchev–Trinajstić information content (AvgIpc) is 3.27. The number of isocyanates is 1. The largest absolute Gasteiger partial charge is 0.494 e. The third-order valence-corrected chi connectivity index (χ3v) is 4.44. The summed E-state index contributed by atoms with van der Waals surface area (Å²) < 4.78 is 8.19. The van der Waals surface area contributed by atoms with Gasteiger partial charge in [-0.05, 0) is 30.0 Å². The SMILES string of the molecule is CCCOc1ccc2scc(CO[N+](=C=O)C3CC3)c2c1. The van der Waals surface area contributed by atoms with Crippen molar-refractivity contribution in [2.45, 2.75) is 38.8 Å². The molecule has 0 N–H and O–H groups in total. The zero-order valence-electron chi connectivity index (χ0n) is 12.0. The summed E-state index contributed by atoms with van der Waals surface area (Å²) in [5.41, 5.74) is 1.08. The minimum absolute atomic E-state index is 0.218. The van der Waals surface area contributed by atoms with Crippen molar-refractivity contribution in [3.05, 3.63) is 29.1 Å². The molecule has 1 saturated carbocycles. The predicted octanol–water partition coefficient (Wildman–Crippen LogP) is 3.63. The van der Waals surface area contributed by atoms with Crippen molar-refractivity contribution in [2.75, 3.05) is 6.61 Å². The number of benzene rings is 1. The van der Waals surface area contributed by atoms with E-state index in [2.05, 4.69) is 18.4 Å². The minimum Gasteiger partial charge on any atom is -0.494 e. The number of carbonyl (C=O) groups excluding carboxylic acids is 1. The van der Waals surface area contributed by atoms with Gasteiger partial charge in [0.05, 0.1) is 11.3 Å². The fourth-order valence-electron chi connectivity index (χ4n) is 2.14. The van der Waals surface area contributed by atoms with Crippen molar-refractivity contribution in [3.63, 3.8) is 0 Å². The highest BCUT2D eigenvalue weighted by atomic mass is 32.1. The number of thiophene rings is 1. The van der Waals surface area contributed by atoms with E-state index in [-0.39, 0.29) is 6.04 Å². The van der Waals surface area contributed by atoms with E-state index in [1.807, 2.05) is 18.2 Å². The fraction of sp³-hybridized carbons (Fsp3) is 0.438. The lowest BCUT2D eigenvalue weighted by Crippen LogP contribution is -2.13. The first kappa shape index (κ1) is 14.1. The molecule has 1 aromatic carbocycles. The van der Waals surface area contributed by atoms with Crippen LogP contribution in [0.4, 0.5) is 0 Å². The maximum Gasteiger partial charge on any atom is 0.477 e. The Bertz CT molecular complexity index is 684. The number of hydroxylamine groups is 1. The molecule has 2 aromatic rings.